The molecule has 27 heavy (non-hydrogen) atoms. The summed E-state index contributed by atoms with van der Waals surface area (Å²) in [4.78, 5) is 21.4. The molecule has 1 N–H and O–H groups in total. The Kier molecular flexibility index (Phi) is 6.24. The van der Waals surface area contributed by atoms with E-state index >= 15 is 0 Å². The summed E-state index contributed by atoms with van der Waals surface area (Å²) in [6.45, 7) is 6.00. The molecule has 6 nitrogen and oxygen atoms in total. The summed E-state index contributed by atoms with van der Waals surface area (Å²) in [6, 6.07) is 4.71. The minimum atomic E-state index is 0.00632. The predicted molar refractivity (Wildman–Crippen MR) is 106 cm³/mol. The maximum absolute atomic E-state index is 12.6. The van der Waals surface area contributed by atoms with Crippen molar-refractivity contribution in [1.82, 2.24) is 14.8 Å². The van der Waals surface area contributed by atoms with Gasteiger partial charge in [0.2, 0.25) is 0 Å². The Morgan fingerprint density at radius 3 is 2.59 bits per heavy atom. The van der Waals surface area contributed by atoms with E-state index in [-0.39, 0.29) is 5.91 Å². The number of likely N-dealkylation sites (tertiary alicyclic amines) is 1. The van der Waals surface area contributed by atoms with Crippen LogP contribution < -0.4 is 5.32 Å². The molecule has 6 heteroatoms. The summed E-state index contributed by atoms with van der Waals surface area (Å²) in [6.07, 6.45) is 9.92. The lowest BCUT2D eigenvalue weighted by Gasteiger charge is -2.36. The highest BCUT2D eigenvalue weighted by atomic mass is 16.5. The van der Waals surface area contributed by atoms with Gasteiger partial charge in [0.25, 0.3) is 5.91 Å². The first kappa shape index (κ1) is 18.7. The number of hydrogen-bond acceptors (Lipinski definition) is 5. The number of hydrogen-bond donors (Lipinski definition) is 1. The Morgan fingerprint density at radius 2 is 1.85 bits per heavy atom. The van der Waals surface area contributed by atoms with Gasteiger partial charge in [0.1, 0.15) is 5.69 Å². The van der Waals surface area contributed by atoms with Crippen molar-refractivity contribution in [3.8, 4) is 0 Å². The zero-order chi connectivity index (χ0) is 18.5. The average molecular weight is 373 g/mol. The number of nitrogens with one attached hydrogen (secondary N) is 1. The van der Waals surface area contributed by atoms with Crippen LogP contribution >= 0.6 is 0 Å². The Balaban J connectivity index is 1.26. The Bertz CT molecular complexity index is 618. The maximum Gasteiger partial charge on any atom is 0.272 e. The number of carbonyl (C=O) groups is 1. The number of ether oxygens (including phenoxy) is 1. The second-order valence-electron chi connectivity index (χ2n) is 8.13. The van der Waals surface area contributed by atoms with E-state index in [1.54, 1.807) is 6.20 Å². The summed E-state index contributed by atoms with van der Waals surface area (Å²) in [5.74, 6) is 0.723. The van der Waals surface area contributed by atoms with Crippen molar-refractivity contribution in [1.29, 1.82) is 0 Å². The van der Waals surface area contributed by atoms with Gasteiger partial charge in [-0.05, 0) is 56.8 Å². The molecule has 1 aromatic rings. The largest absolute Gasteiger partial charge is 0.385 e. The van der Waals surface area contributed by atoms with Crippen LogP contribution in [0.3, 0.4) is 0 Å². The van der Waals surface area contributed by atoms with Crippen molar-refractivity contribution in [2.24, 2.45) is 5.92 Å². The summed E-state index contributed by atoms with van der Waals surface area (Å²) in [5.41, 5.74) is 1.53. The summed E-state index contributed by atoms with van der Waals surface area (Å²) < 4.78 is 5.33. The topological polar surface area (TPSA) is 57.7 Å². The van der Waals surface area contributed by atoms with Crippen LogP contribution in [0.1, 0.15) is 49.0 Å². The number of piperidine rings is 1. The van der Waals surface area contributed by atoms with Crippen molar-refractivity contribution in [3.63, 3.8) is 0 Å². The molecule has 1 aliphatic carbocycles. The highest BCUT2D eigenvalue weighted by molar-refractivity contribution is 5.93. The molecule has 4 rings (SSSR count). The summed E-state index contributed by atoms with van der Waals surface area (Å²) >= 11 is 0. The third-order valence-electron chi connectivity index (χ3n) is 6.36. The molecule has 0 spiro atoms. The van der Waals surface area contributed by atoms with Crippen LogP contribution in [0, 0.1) is 5.92 Å². The zero-order valence-electron chi connectivity index (χ0n) is 16.2. The lowest BCUT2D eigenvalue weighted by atomic mass is 9.95. The molecule has 2 aliphatic heterocycles. The van der Waals surface area contributed by atoms with Gasteiger partial charge in [-0.25, -0.2) is 0 Å². The summed E-state index contributed by atoms with van der Waals surface area (Å²) in [7, 11) is 0. The summed E-state index contributed by atoms with van der Waals surface area (Å²) in [5, 5.41) is 3.54. The van der Waals surface area contributed by atoms with Crippen molar-refractivity contribution < 1.29 is 9.53 Å². The van der Waals surface area contributed by atoms with E-state index in [0.717, 1.165) is 18.3 Å². The number of amides is 1. The number of rotatable bonds is 5. The molecule has 3 aliphatic rings. The molecule has 1 aromatic heterocycles. The van der Waals surface area contributed by atoms with Gasteiger partial charge in [0, 0.05) is 37.6 Å². The van der Waals surface area contributed by atoms with Crippen LogP contribution in [-0.4, -0.2) is 72.7 Å². The highest BCUT2D eigenvalue weighted by Crippen LogP contribution is 2.28. The predicted octanol–water partition coefficient (Wildman–Crippen LogP) is 2.62. The van der Waals surface area contributed by atoms with Gasteiger partial charge in [-0.2, -0.15) is 0 Å². The number of morpholine rings is 1. The van der Waals surface area contributed by atoms with E-state index in [1.807, 2.05) is 17.0 Å². The first-order chi connectivity index (χ1) is 13.3. The highest BCUT2D eigenvalue weighted by Gasteiger charge is 2.27. The fourth-order valence-electron chi connectivity index (χ4n) is 4.64. The number of anilines is 1. The molecule has 3 fully saturated rings. The third-order valence-corrected chi connectivity index (χ3v) is 6.36. The van der Waals surface area contributed by atoms with Crippen LogP contribution in [0.2, 0.25) is 0 Å². The standard InChI is InChI=1S/C21H32N4O2/c26-21(25-11-13-27-14-12-25)20-15-18(5-8-22-20)23-16-17-6-9-24(10-7-17)19-3-1-2-4-19/h5,8,15,17,19H,1-4,6-7,9-14,16H2,(H,22,23). The van der Waals surface area contributed by atoms with Crippen molar-refractivity contribution in [3.05, 3.63) is 24.0 Å². The number of nitrogens with zero attached hydrogens (tertiary/aromatic N) is 3. The minimum Gasteiger partial charge on any atom is -0.385 e. The third kappa shape index (κ3) is 4.79. The van der Waals surface area contributed by atoms with Crippen LogP contribution in [-0.2, 0) is 4.74 Å². The second-order valence-corrected chi connectivity index (χ2v) is 8.13. The van der Waals surface area contributed by atoms with Crippen LogP contribution in [0.4, 0.5) is 5.69 Å². The maximum atomic E-state index is 12.6. The Morgan fingerprint density at radius 1 is 1.11 bits per heavy atom. The van der Waals surface area contributed by atoms with E-state index in [9.17, 15) is 4.79 Å². The Labute approximate surface area is 162 Å². The second kappa shape index (κ2) is 9.02. The van der Waals surface area contributed by atoms with Crippen LogP contribution in [0.5, 0.6) is 0 Å². The molecule has 1 saturated carbocycles. The Hall–Kier alpha value is -1.66. The van der Waals surface area contributed by atoms with Gasteiger partial charge in [0.15, 0.2) is 0 Å². The quantitative estimate of drug-likeness (QED) is 0.861. The molecule has 0 atom stereocenters. The molecule has 148 valence electrons. The molecule has 3 heterocycles. The average Bonchev–Trinajstić information content (AvgIpc) is 3.28. The van der Waals surface area contributed by atoms with E-state index in [2.05, 4.69) is 15.2 Å². The molecule has 0 aromatic carbocycles. The molecular weight excluding hydrogens is 340 g/mol. The van der Waals surface area contributed by atoms with Crippen LogP contribution in [0.15, 0.2) is 18.3 Å². The smallest absolute Gasteiger partial charge is 0.272 e. The lowest BCUT2D eigenvalue weighted by molar-refractivity contribution is 0.0299. The normalized spacial score (nSPS) is 22.9. The van der Waals surface area contributed by atoms with Gasteiger partial charge in [-0.15, -0.1) is 0 Å². The fourth-order valence-corrected chi connectivity index (χ4v) is 4.64. The SMILES string of the molecule is O=C(c1cc(NCC2CCN(C3CCCC3)CC2)ccn1)N1CCOCC1. The van der Waals surface area contributed by atoms with Gasteiger partial charge in [-0.3, -0.25) is 9.78 Å². The van der Waals surface area contributed by atoms with Gasteiger partial charge in [-0.1, -0.05) is 12.8 Å². The molecular formula is C21H32N4O2. The molecule has 0 radical (unpaired) electrons. The fraction of sp³-hybridized carbons (Fsp3) is 0.714. The lowest BCUT2D eigenvalue weighted by Crippen LogP contribution is -2.41. The monoisotopic (exact) mass is 372 g/mol. The first-order valence-corrected chi connectivity index (χ1v) is 10.6. The van der Waals surface area contributed by atoms with E-state index in [0.29, 0.717) is 37.9 Å². The van der Waals surface area contributed by atoms with E-state index in [1.165, 1.54) is 51.6 Å². The van der Waals surface area contributed by atoms with Crippen LogP contribution in [0.25, 0.3) is 0 Å². The minimum absolute atomic E-state index is 0.00632. The van der Waals surface area contributed by atoms with Crippen molar-refractivity contribution in [2.75, 3.05) is 51.3 Å². The van der Waals surface area contributed by atoms with Gasteiger partial charge >= 0.3 is 0 Å². The number of pyridine rings is 1. The number of carbonyl (C=O) groups excluding carboxylic acids is 1. The van der Waals surface area contributed by atoms with E-state index in [4.69, 9.17) is 4.74 Å². The molecule has 0 bridgehead atoms. The molecule has 1 amide bonds. The van der Waals surface area contributed by atoms with Crippen molar-refractivity contribution >= 4 is 11.6 Å². The number of aromatic nitrogens is 1. The van der Waals surface area contributed by atoms with Gasteiger partial charge < -0.3 is 19.9 Å². The molecule has 2 saturated heterocycles. The van der Waals surface area contributed by atoms with Crippen molar-refractivity contribution in [2.45, 2.75) is 44.6 Å². The zero-order valence-corrected chi connectivity index (χ0v) is 16.2. The van der Waals surface area contributed by atoms with Gasteiger partial charge in [0.05, 0.1) is 13.2 Å². The molecule has 0 unspecified atom stereocenters. The first-order valence-electron chi connectivity index (χ1n) is 10.6. The van der Waals surface area contributed by atoms with E-state index < -0.39 is 0 Å².